The van der Waals surface area contributed by atoms with Gasteiger partial charge < -0.3 is 18.7 Å². The summed E-state index contributed by atoms with van der Waals surface area (Å²) in [5.74, 6) is 0.737. The van der Waals surface area contributed by atoms with E-state index in [4.69, 9.17) is 13.8 Å². The second-order valence-electron chi connectivity index (χ2n) is 14.7. The zero-order chi connectivity index (χ0) is 37.5. The summed E-state index contributed by atoms with van der Waals surface area (Å²) in [5, 5.41) is 9.30. The molecule has 0 amide bonds. The van der Waals surface area contributed by atoms with E-state index in [1.54, 1.807) is 0 Å². The highest BCUT2D eigenvalue weighted by atomic mass is 16.3. The third-order valence-electron chi connectivity index (χ3n) is 11.4. The van der Waals surface area contributed by atoms with Gasteiger partial charge in [-0.15, -0.1) is 0 Å². The van der Waals surface area contributed by atoms with Gasteiger partial charge in [-0.25, -0.2) is 0 Å². The Morgan fingerprint density at radius 2 is 1.14 bits per heavy atom. The van der Waals surface area contributed by atoms with Crippen molar-refractivity contribution < 1.29 is 8.83 Å². The summed E-state index contributed by atoms with van der Waals surface area (Å²) in [5.41, 5.74) is 14.1. The molecule has 0 aliphatic carbocycles. The van der Waals surface area contributed by atoms with Crippen LogP contribution < -0.4 is 5.32 Å². The van der Waals surface area contributed by atoms with Gasteiger partial charge >= 0.3 is 0 Å². The third kappa shape index (κ3) is 4.92. The van der Waals surface area contributed by atoms with Crippen molar-refractivity contribution >= 4 is 66.1 Å². The van der Waals surface area contributed by atoms with Crippen molar-refractivity contribution in [3.05, 3.63) is 205 Å². The number of aliphatic imine (C=N–C) groups is 1. The first-order valence-electron chi connectivity index (χ1n) is 19.3. The Morgan fingerprint density at radius 3 is 1.96 bits per heavy atom. The Hall–Kier alpha value is -7.63. The van der Waals surface area contributed by atoms with Crippen LogP contribution in [-0.4, -0.2) is 10.3 Å². The van der Waals surface area contributed by atoms with Crippen LogP contribution in [0.25, 0.3) is 82.7 Å². The second-order valence-corrected chi connectivity index (χ2v) is 14.7. The maximum absolute atomic E-state index is 6.83. The fourth-order valence-electron chi connectivity index (χ4n) is 8.85. The van der Waals surface area contributed by atoms with Crippen molar-refractivity contribution in [3.63, 3.8) is 0 Å². The lowest BCUT2D eigenvalue weighted by molar-refractivity contribution is 0.599. The quantitative estimate of drug-likeness (QED) is 0.192. The van der Waals surface area contributed by atoms with E-state index in [1.807, 2.05) is 12.1 Å². The van der Waals surface area contributed by atoms with E-state index in [2.05, 4.69) is 186 Å². The van der Waals surface area contributed by atoms with Gasteiger partial charge in [0.2, 0.25) is 0 Å². The summed E-state index contributed by atoms with van der Waals surface area (Å²) in [6, 6.07) is 66.0. The lowest BCUT2D eigenvalue weighted by atomic mass is 9.94. The van der Waals surface area contributed by atoms with Crippen LogP contribution >= 0.6 is 0 Å². The Morgan fingerprint density at radius 1 is 0.474 bits per heavy atom. The molecule has 3 aromatic heterocycles. The molecule has 11 aromatic rings. The van der Waals surface area contributed by atoms with Crippen molar-refractivity contribution in [2.75, 3.05) is 5.32 Å². The van der Waals surface area contributed by atoms with Crippen molar-refractivity contribution in [2.24, 2.45) is 4.99 Å². The molecule has 0 fully saturated rings. The van der Waals surface area contributed by atoms with Gasteiger partial charge in [0.05, 0.1) is 16.7 Å². The van der Waals surface area contributed by atoms with E-state index in [1.165, 1.54) is 5.39 Å². The van der Waals surface area contributed by atoms with Gasteiger partial charge in [-0.1, -0.05) is 127 Å². The maximum atomic E-state index is 6.83. The van der Waals surface area contributed by atoms with Crippen LogP contribution in [0.5, 0.6) is 0 Å². The minimum atomic E-state index is -0.431. The Kier molecular flexibility index (Phi) is 6.92. The van der Waals surface area contributed by atoms with Gasteiger partial charge in [0.15, 0.2) is 5.76 Å². The molecule has 1 atom stereocenters. The molecule has 268 valence electrons. The van der Waals surface area contributed by atoms with Gasteiger partial charge in [-0.3, -0.25) is 4.99 Å². The number of para-hydroxylation sites is 3. The fraction of sp³-hybridized carbons (Fsp3) is 0.0192. The van der Waals surface area contributed by atoms with E-state index in [0.717, 1.165) is 106 Å². The van der Waals surface area contributed by atoms with Crippen LogP contribution in [0.15, 0.2) is 202 Å². The first kappa shape index (κ1) is 31.7. The van der Waals surface area contributed by atoms with Crippen molar-refractivity contribution in [2.45, 2.75) is 6.17 Å². The SMILES string of the molecule is c1ccc(-c2cc(-c3ccccc3)c3oc4cccc(C5N=C(c6ccc7c(c6)c6ccccc6n7-c6ccccc6)c6oc7ccccc7c6N5)c4c3c2)cc1. The molecular weight excluding hydrogens is 699 g/mol. The van der Waals surface area contributed by atoms with Crippen molar-refractivity contribution in [1.82, 2.24) is 4.57 Å². The number of furan rings is 2. The molecular formula is C52H33N3O2. The molecule has 0 radical (unpaired) electrons. The molecule has 12 rings (SSSR count). The van der Waals surface area contributed by atoms with Gasteiger partial charge in [-0.2, -0.15) is 0 Å². The van der Waals surface area contributed by atoms with Crippen LogP contribution in [0.1, 0.15) is 23.1 Å². The summed E-state index contributed by atoms with van der Waals surface area (Å²) in [6.45, 7) is 0. The molecule has 0 spiro atoms. The standard InChI is InChI=1S/C52H33N3O2/c1-4-15-32(16-5-1)35-30-40(33-17-6-2-7-18-33)50-42(31-35)47-39(23-14-26-46(47)57-50)52-53-48(51-49(54-52)38-22-11-13-25-45(38)56-51)34-27-28-44-41(29-34)37-21-10-12-24-43(37)55(44)36-19-8-3-9-20-36/h1-31,52,54H. The monoisotopic (exact) mass is 731 g/mol. The molecule has 1 N–H and O–H groups in total. The van der Waals surface area contributed by atoms with Gasteiger partial charge in [-0.05, 0) is 77.4 Å². The number of hydrogen-bond donors (Lipinski definition) is 1. The smallest absolute Gasteiger partial charge is 0.177 e. The summed E-state index contributed by atoms with van der Waals surface area (Å²) < 4.78 is 15.8. The number of benzene rings is 8. The van der Waals surface area contributed by atoms with Gasteiger partial charge in [0.1, 0.15) is 28.6 Å². The molecule has 0 bridgehead atoms. The Labute approximate surface area is 327 Å². The second kappa shape index (κ2) is 12.4. The molecule has 1 aliphatic rings. The summed E-state index contributed by atoms with van der Waals surface area (Å²) >= 11 is 0. The van der Waals surface area contributed by atoms with Gasteiger partial charge in [0, 0.05) is 49.3 Å². The Balaban J connectivity index is 1.10. The summed E-state index contributed by atoms with van der Waals surface area (Å²) in [4.78, 5) is 5.57. The zero-order valence-electron chi connectivity index (χ0n) is 30.7. The summed E-state index contributed by atoms with van der Waals surface area (Å²) in [7, 11) is 0. The molecule has 0 saturated heterocycles. The third-order valence-corrected chi connectivity index (χ3v) is 11.4. The normalized spacial score (nSPS) is 14.0. The van der Waals surface area contributed by atoms with E-state index in [9.17, 15) is 0 Å². The topological polar surface area (TPSA) is 55.6 Å². The molecule has 8 aromatic carbocycles. The molecule has 5 nitrogen and oxygen atoms in total. The van der Waals surface area contributed by atoms with Crippen molar-refractivity contribution in [3.8, 4) is 27.9 Å². The van der Waals surface area contributed by atoms with E-state index in [-0.39, 0.29) is 0 Å². The number of fused-ring (bicyclic) bond motifs is 9. The molecule has 0 saturated carbocycles. The van der Waals surface area contributed by atoms with Crippen molar-refractivity contribution in [1.29, 1.82) is 0 Å². The molecule has 5 heteroatoms. The number of anilines is 1. The summed E-state index contributed by atoms with van der Waals surface area (Å²) in [6.07, 6.45) is -0.431. The number of rotatable bonds is 5. The molecule has 1 unspecified atom stereocenters. The van der Waals surface area contributed by atoms with E-state index >= 15 is 0 Å². The number of nitrogens with zero attached hydrogens (tertiary/aromatic N) is 2. The average molecular weight is 732 g/mol. The molecule has 1 aliphatic heterocycles. The predicted molar refractivity (Wildman–Crippen MR) is 234 cm³/mol. The lowest BCUT2D eigenvalue weighted by Crippen LogP contribution is -2.19. The van der Waals surface area contributed by atoms with E-state index in [0.29, 0.717) is 0 Å². The van der Waals surface area contributed by atoms with E-state index < -0.39 is 6.17 Å². The van der Waals surface area contributed by atoms with Crippen LogP contribution in [0.3, 0.4) is 0 Å². The van der Waals surface area contributed by atoms with Crippen LogP contribution in [-0.2, 0) is 0 Å². The number of nitrogens with one attached hydrogen (secondary N) is 1. The highest BCUT2D eigenvalue weighted by Crippen LogP contribution is 2.45. The predicted octanol–water partition coefficient (Wildman–Crippen LogP) is 13.7. The average Bonchev–Trinajstić information content (AvgIpc) is 3.96. The highest BCUT2D eigenvalue weighted by Gasteiger charge is 2.31. The zero-order valence-corrected chi connectivity index (χ0v) is 30.7. The Bertz CT molecular complexity index is 3370. The van der Waals surface area contributed by atoms with Crippen LogP contribution in [0.2, 0.25) is 0 Å². The first-order chi connectivity index (χ1) is 28.3. The largest absolute Gasteiger partial charge is 0.455 e. The lowest BCUT2D eigenvalue weighted by Gasteiger charge is -2.24. The number of aromatic nitrogens is 1. The minimum absolute atomic E-state index is 0.431. The van der Waals surface area contributed by atoms with Gasteiger partial charge in [0.25, 0.3) is 0 Å². The fourth-order valence-corrected chi connectivity index (χ4v) is 8.85. The molecule has 4 heterocycles. The minimum Gasteiger partial charge on any atom is -0.455 e. The number of hydrogen-bond acceptors (Lipinski definition) is 4. The van der Waals surface area contributed by atoms with Crippen LogP contribution in [0.4, 0.5) is 5.69 Å². The molecule has 57 heavy (non-hydrogen) atoms. The van der Waals surface area contributed by atoms with Crippen LogP contribution in [0, 0.1) is 0 Å². The highest BCUT2D eigenvalue weighted by molar-refractivity contribution is 6.22. The first-order valence-corrected chi connectivity index (χ1v) is 19.3. The maximum Gasteiger partial charge on any atom is 0.177 e.